The van der Waals surface area contributed by atoms with E-state index >= 15 is 0 Å². The lowest BCUT2D eigenvalue weighted by Crippen LogP contribution is -2.54. The van der Waals surface area contributed by atoms with Crippen LogP contribution in [0.1, 0.15) is 46.0 Å². The van der Waals surface area contributed by atoms with Gasteiger partial charge in [0.15, 0.2) is 0 Å². The Labute approximate surface area is 128 Å². The van der Waals surface area contributed by atoms with Gasteiger partial charge in [-0.05, 0) is 44.9 Å². The van der Waals surface area contributed by atoms with Crippen LogP contribution in [0.15, 0.2) is 0 Å². The van der Waals surface area contributed by atoms with Crippen LogP contribution in [0.4, 0.5) is 0 Å². The zero-order valence-corrected chi connectivity index (χ0v) is 13.4. The Morgan fingerprint density at radius 2 is 2.19 bits per heavy atom. The smallest absolute Gasteiger partial charge is 0.251 e. The highest BCUT2D eigenvalue weighted by Crippen LogP contribution is 2.23. The Balaban J connectivity index is 1.82. The van der Waals surface area contributed by atoms with Gasteiger partial charge in [-0.1, -0.05) is 6.92 Å². The van der Waals surface area contributed by atoms with Gasteiger partial charge < -0.3 is 20.1 Å². The number of hydrogen-bond donors (Lipinski definition) is 1. The van der Waals surface area contributed by atoms with Crippen LogP contribution in [-0.2, 0) is 14.3 Å². The summed E-state index contributed by atoms with van der Waals surface area (Å²) in [7, 11) is 0. The normalized spacial score (nSPS) is 32.0. The number of carbonyl (C=O) groups excluding carboxylic acids is 1. The predicted octanol–water partition coefficient (Wildman–Crippen LogP) is 1.55. The van der Waals surface area contributed by atoms with Crippen molar-refractivity contribution in [1.29, 1.82) is 0 Å². The minimum atomic E-state index is -0.408. The first-order chi connectivity index (χ1) is 10.1. The SMILES string of the molecule is C[C@H](OC[C@@H]1CCCCO1)C(=O)N1CCC[C@@H](C)[C@@H]1CN. The molecule has 0 radical (unpaired) electrons. The third-order valence-electron chi connectivity index (χ3n) is 4.79. The summed E-state index contributed by atoms with van der Waals surface area (Å²) in [5.41, 5.74) is 5.86. The third-order valence-corrected chi connectivity index (χ3v) is 4.79. The molecule has 2 rings (SSSR count). The average molecular weight is 298 g/mol. The second kappa shape index (κ2) is 8.11. The Morgan fingerprint density at radius 1 is 1.38 bits per heavy atom. The summed E-state index contributed by atoms with van der Waals surface area (Å²) < 4.78 is 11.4. The van der Waals surface area contributed by atoms with Crippen molar-refractivity contribution in [3.8, 4) is 0 Å². The van der Waals surface area contributed by atoms with E-state index in [1.54, 1.807) is 0 Å². The van der Waals surface area contributed by atoms with Gasteiger partial charge in [-0.25, -0.2) is 0 Å². The molecular formula is C16H30N2O3. The van der Waals surface area contributed by atoms with E-state index in [9.17, 15) is 4.79 Å². The third kappa shape index (κ3) is 4.41. The number of ether oxygens (including phenoxy) is 2. The summed E-state index contributed by atoms with van der Waals surface area (Å²) in [5.74, 6) is 0.550. The molecule has 1 amide bonds. The summed E-state index contributed by atoms with van der Waals surface area (Å²) in [6.45, 7) is 6.69. The molecule has 2 N–H and O–H groups in total. The lowest BCUT2D eigenvalue weighted by atomic mass is 9.90. The van der Waals surface area contributed by atoms with Gasteiger partial charge in [0.1, 0.15) is 6.10 Å². The van der Waals surface area contributed by atoms with Crippen molar-refractivity contribution in [3.05, 3.63) is 0 Å². The van der Waals surface area contributed by atoms with E-state index in [-0.39, 0.29) is 18.1 Å². The molecule has 0 aliphatic carbocycles. The Bertz CT molecular complexity index is 331. The predicted molar refractivity (Wildman–Crippen MR) is 82.0 cm³/mol. The van der Waals surface area contributed by atoms with Gasteiger partial charge in [-0.2, -0.15) is 0 Å². The minimum absolute atomic E-state index is 0.0767. The molecular weight excluding hydrogens is 268 g/mol. The molecule has 0 aromatic carbocycles. The highest BCUT2D eigenvalue weighted by Gasteiger charge is 2.33. The van der Waals surface area contributed by atoms with Crippen LogP contribution in [0.25, 0.3) is 0 Å². The Kier molecular flexibility index (Phi) is 6.45. The van der Waals surface area contributed by atoms with Crippen molar-refractivity contribution in [2.24, 2.45) is 11.7 Å². The highest BCUT2D eigenvalue weighted by molar-refractivity contribution is 5.81. The number of nitrogens with zero attached hydrogens (tertiary/aromatic N) is 1. The fraction of sp³-hybridized carbons (Fsp3) is 0.938. The number of piperidine rings is 1. The summed E-state index contributed by atoms with van der Waals surface area (Å²) in [4.78, 5) is 14.5. The lowest BCUT2D eigenvalue weighted by molar-refractivity contribution is -0.151. The van der Waals surface area contributed by atoms with E-state index in [0.717, 1.165) is 38.8 Å². The number of nitrogens with two attached hydrogens (primary N) is 1. The van der Waals surface area contributed by atoms with Crippen LogP contribution >= 0.6 is 0 Å². The zero-order valence-electron chi connectivity index (χ0n) is 13.4. The largest absolute Gasteiger partial charge is 0.376 e. The first-order valence-corrected chi connectivity index (χ1v) is 8.37. The van der Waals surface area contributed by atoms with Crippen molar-refractivity contribution in [2.75, 3.05) is 26.3 Å². The molecule has 2 fully saturated rings. The number of carbonyl (C=O) groups is 1. The molecule has 122 valence electrons. The molecule has 2 saturated heterocycles. The maximum atomic E-state index is 12.6. The molecule has 21 heavy (non-hydrogen) atoms. The van der Waals surface area contributed by atoms with Crippen LogP contribution in [0.3, 0.4) is 0 Å². The number of rotatable bonds is 5. The molecule has 0 bridgehead atoms. The maximum absolute atomic E-state index is 12.6. The zero-order chi connectivity index (χ0) is 15.2. The number of amides is 1. The molecule has 0 saturated carbocycles. The second-order valence-corrected chi connectivity index (χ2v) is 6.42. The molecule has 0 aromatic rings. The summed E-state index contributed by atoms with van der Waals surface area (Å²) in [6.07, 6.45) is 5.31. The van der Waals surface area contributed by atoms with Crippen LogP contribution in [-0.4, -0.2) is 55.4 Å². The van der Waals surface area contributed by atoms with Crippen molar-refractivity contribution in [1.82, 2.24) is 4.90 Å². The fourth-order valence-corrected chi connectivity index (χ4v) is 3.38. The van der Waals surface area contributed by atoms with Gasteiger partial charge >= 0.3 is 0 Å². The van der Waals surface area contributed by atoms with Gasteiger partial charge in [-0.3, -0.25) is 4.79 Å². The summed E-state index contributed by atoms with van der Waals surface area (Å²) in [5, 5.41) is 0. The van der Waals surface area contributed by atoms with E-state index in [2.05, 4.69) is 6.92 Å². The molecule has 2 aliphatic heterocycles. The van der Waals surface area contributed by atoms with Crippen molar-refractivity contribution < 1.29 is 14.3 Å². The topological polar surface area (TPSA) is 64.8 Å². The van der Waals surface area contributed by atoms with Gasteiger partial charge in [0.05, 0.1) is 12.7 Å². The molecule has 2 aliphatic rings. The van der Waals surface area contributed by atoms with Crippen LogP contribution < -0.4 is 5.73 Å². The number of hydrogen-bond acceptors (Lipinski definition) is 4. The minimum Gasteiger partial charge on any atom is -0.376 e. The highest BCUT2D eigenvalue weighted by atomic mass is 16.5. The van der Waals surface area contributed by atoms with E-state index in [1.807, 2.05) is 11.8 Å². The quantitative estimate of drug-likeness (QED) is 0.836. The second-order valence-electron chi connectivity index (χ2n) is 6.42. The fourth-order valence-electron chi connectivity index (χ4n) is 3.38. The molecule has 0 aromatic heterocycles. The first-order valence-electron chi connectivity index (χ1n) is 8.37. The van der Waals surface area contributed by atoms with Crippen molar-refractivity contribution in [3.63, 3.8) is 0 Å². The Hall–Kier alpha value is -0.650. The molecule has 2 heterocycles. The molecule has 0 spiro atoms. The van der Waals surface area contributed by atoms with Gasteiger partial charge in [0.2, 0.25) is 0 Å². The molecule has 5 heteroatoms. The van der Waals surface area contributed by atoms with E-state index in [1.165, 1.54) is 6.42 Å². The van der Waals surface area contributed by atoms with Gasteiger partial charge in [0, 0.05) is 25.7 Å². The van der Waals surface area contributed by atoms with Crippen LogP contribution in [0, 0.1) is 5.92 Å². The van der Waals surface area contributed by atoms with Gasteiger partial charge in [0.25, 0.3) is 5.91 Å². The monoisotopic (exact) mass is 298 g/mol. The van der Waals surface area contributed by atoms with Crippen LogP contribution in [0.5, 0.6) is 0 Å². The maximum Gasteiger partial charge on any atom is 0.251 e. The van der Waals surface area contributed by atoms with E-state index < -0.39 is 6.10 Å². The van der Waals surface area contributed by atoms with E-state index in [4.69, 9.17) is 15.2 Å². The standard InChI is InChI=1S/C16H30N2O3/c1-12-6-5-8-18(15(12)10-17)16(19)13(2)21-11-14-7-3-4-9-20-14/h12-15H,3-11,17H2,1-2H3/t12-,13+,14+,15+/m1/s1. The van der Waals surface area contributed by atoms with Crippen molar-refractivity contribution >= 4 is 5.91 Å². The van der Waals surface area contributed by atoms with Gasteiger partial charge in [-0.15, -0.1) is 0 Å². The summed E-state index contributed by atoms with van der Waals surface area (Å²) >= 11 is 0. The lowest BCUT2D eigenvalue weighted by Gasteiger charge is -2.40. The number of likely N-dealkylation sites (tertiary alicyclic amines) is 1. The van der Waals surface area contributed by atoms with Crippen molar-refractivity contribution in [2.45, 2.75) is 64.2 Å². The van der Waals surface area contributed by atoms with E-state index in [0.29, 0.717) is 19.1 Å². The average Bonchev–Trinajstić information content (AvgIpc) is 2.52. The first kappa shape index (κ1) is 16.7. The molecule has 0 unspecified atom stereocenters. The Morgan fingerprint density at radius 3 is 2.86 bits per heavy atom. The van der Waals surface area contributed by atoms with Crippen LogP contribution in [0.2, 0.25) is 0 Å². The molecule has 4 atom stereocenters. The molecule has 5 nitrogen and oxygen atoms in total. The summed E-state index contributed by atoms with van der Waals surface area (Å²) in [6, 6.07) is 0.156.